The van der Waals surface area contributed by atoms with Crippen LogP contribution in [0, 0.1) is 0 Å². The summed E-state index contributed by atoms with van der Waals surface area (Å²) < 4.78 is 6.18. The molecule has 3 rings (SSSR count). The molecule has 1 N–H and O–H groups in total. The van der Waals surface area contributed by atoms with E-state index in [0.29, 0.717) is 35.7 Å². The van der Waals surface area contributed by atoms with E-state index in [1.165, 1.54) is 29.8 Å². The molecule has 0 aromatic heterocycles. The molecule has 1 saturated heterocycles. The van der Waals surface area contributed by atoms with E-state index in [9.17, 15) is 9.90 Å². The highest BCUT2D eigenvalue weighted by molar-refractivity contribution is 9.10. The van der Waals surface area contributed by atoms with Gasteiger partial charge in [0.2, 0.25) is 0 Å². The van der Waals surface area contributed by atoms with E-state index in [2.05, 4.69) is 15.9 Å². The molecule has 0 unspecified atom stereocenters. The quantitative estimate of drug-likeness (QED) is 0.507. The Balaban J connectivity index is 1.99. The van der Waals surface area contributed by atoms with Crippen molar-refractivity contribution < 1.29 is 14.6 Å². The van der Waals surface area contributed by atoms with E-state index < -0.39 is 0 Å². The minimum Gasteiger partial charge on any atom is -0.504 e. The van der Waals surface area contributed by atoms with Gasteiger partial charge in [-0.05, 0) is 42.0 Å². The predicted octanol–water partition coefficient (Wildman–Crippen LogP) is 5.22. The number of ether oxygens (including phenoxy) is 1. The van der Waals surface area contributed by atoms with Gasteiger partial charge in [-0.1, -0.05) is 57.6 Å². The molecule has 8 heteroatoms. The number of hydrogen-bond donors (Lipinski definition) is 1. The summed E-state index contributed by atoms with van der Waals surface area (Å²) in [5.74, 6) is 0.106. The Morgan fingerprint density at radius 1 is 1.36 bits per heavy atom. The van der Waals surface area contributed by atoms with Gasteiger partial charge in [-0.2, -0.15) is 0 Å². The first-order valence-electron chi connectivity index (χ1n) is 7.00. The molecule has 1 heterocycles. The van der Waals surface area contributed by atoms with Crippen molar-refractivity contribution in [1.82, 2.24) is 0 Å². The number of methoxy groups -OCH3 is 1. The highest BCUT2D eigenvalue weighted by Crippen LogP contribution is 2.39. The normalized spacial score (nSPS) is 16.0. The van der Waals surface area contributed by atoms with Gasteiger partial charge in [-0.25, -0.2) is 0 Å². The maximum Gasteiger partial charge on any atom is 0.270 e. The van der Waals surface area contributed by atoms with Gasteiger partial charge in [0.05, 0.1) is 17.7 Å². The van der Waals surface area contributed by atoms with Gasteiger partial charge in [0.15, 0.2) is 15.8 Å². The number of phenols is 1. The van der Waals surface area contributed by atoms with Crippen LogP contribution in [0.2, 0.25) is 5.02 Å². The van der Waals surface area contributed by atoms with Gasteiger partial charge in [-0.15, -0.1) is 0 Å². The highest BCUT2D eigenvalue weighted by Gasteiger charge is 2.33. The molecule has 0 atom stereocenters. The number of benzene rings is 2. The Morgan fingerprint density at radius 2 is 2.12 bits per heavy atom. The number of amides is 1. The maximum atomic E-state index is 12.8. The lowest BCUT2D eigenvalue weighted by atomic mass is 10.2. The van der Waals surface area contributed by atoms with Crippen molar-refractivity contribution in [2.45, 2.75) is 0 Å². The summed E-state index contributed by atoms with van der Waals surface area (Å²) >= 11 is 15.9. The Labute approximate surface area is 167 Å². The molecule has 0 radical (unpaired) electrons. The molecule has 2 aromatic carbocycles. The molecule has 1 aliphatic rings. The summed E-state index contributed by atoms with van der Waals surface area (Å²) in [4.78, 5) is 14.7. The van der Waals surface area contributed by atoms with Crippen LogP contribution >= 0.6 is 51.5 Å². The van der Waals surface area contributed by atoms with Crippen LogP contribution in [0.3, 0.4) is 0 Å². The molecule has 0 saturated carbocycles. The molecule has 128 valence electrons. The number of hydrogen-bond acceptors (Lipinski definition) is 5. The van der Waals surface area contributed by atoms with Crippen molar-refractivity contribution in [3.05, 3.63) is 56.4 Å². The molecule has 1 aliphatic heterocycles. The highest BCUT2D eigenvalue weighted by atomic mass is 79.9. The monoisotopic (exact) mass is 455 g/mol. The summed E-state index contributed by atoms with van der Waals surface area (Å²) in [6.07, 6.45) is 1.70. The number of anilines is 1. The van der Waals surface area contributed by atoms with Crippen molar-refractivity contribution in [3.8, 4) is 11.5 Å². The summed E-state index contributed by atoms with van der Waals surface area (Å²) in [7, 11) is 1.46. The molecule has 2 aromatic rings. The second-order valence-corrected chi connectivity index (χ2v) is 8.01. The Morgan fingerprint density at radius 3 is 2.80 bits per heavy atom. The largest absolute Gasteiger partial charge is 0.504 e. The second-order valence-electron chi connectivity index (χ2n) is 5.04. The fraction of sp³-hybridized carbons (Fsp3) is 0.0588. The lowest BCUT2D eigenvalue weighted by molar-refractivity contribution is -0.113. The van der Waals surface area contributed by atoms with E-state index in [4.69, 9.17) is 28.6 Å². The number of rotatable bonds is 3. The van der Waals surface area contributed by atoms with E-state index in [1.807, 2.05) is 0 Å². The zero-order valence-corrected chi connectivity index (χ0v) is 16.8. The average Bonchev–Trinajstić information content (AvgIpc) is 2.84. The topological polar surface area (TPSA) is 49.8 Å². The minimum absolute atomic E-state index is 0.0120. The zero-order chi connectivity index (χ0) is 18.1. The lowest BCUT2D eigenvalue weighted by Crippen LogP contribution is -2.27. The minimum atomic E-state index is -0.226. The Hall–Kier alpha value is -1.54. The molecule has 25 heavy (non-hydrogen) atoms. The van der Waals surface area contributed by atoms with Crippen LogP contribution < -0.4 is 9.64 Å². The first kappa shape index (κ1) is 18.3. The average molecular weight is 457 g/mol. The van der Waals surface area contributed by atoms with Crippen molar-refractivity contribution in [3.63, 3.8) is 0 Å². The smallest absolute Gasteiger partial charge is 0.270 e. The third kappa shape index (κ3) is 3.69. The van der Waals surface area contributed by atoms with E-state index in [1.54, 1.807) is 36.4 Å². The summed E-state index contributed by atoms with van der Waals surface area (Å²) in [5.41, 5.74) is 1.32. The standard InChI is InChI=1S/C17H11BrClNO3S2/c1-23-14-5-9(12(18)8-13(14)21)6-15-16(22)20(17(24)25-15)11-4-2-3-10(19)7-11/h2-8,21H,1H3/b15-6+. The van der Waals surface area contributed by atoms with Crippen LogP contribution in [0.5, 0.6) is 11.5 Å². The lowest BCUT2D eigenvalue weighted by Gasteiger charge is -2.14. The van der Waals surface area contributed by atoms with E-state index >= 15 is 0 Å². The van der Waals surface area contributed by atoms with E-state index in [0.717, 1.165) is 0 Å². The molecular formula is C17H11BrClNO3S2. The number of halogens is 2. The molecule has 1 fully saturated rings. The molecule has 0 bridgehead atoms. The number of thioether (sulfide) groups is 1. The van der Waals surface area contributed by atoms with Crippen LogP contribution in [-0.4, -0.2) is 22.4 Å². The first-order chi connectivity index (χ1) is 11.9. The van der Waals surface area contributed by atoms with Crippen molar-refractivity contribution in [2.24, 2.45) is 0 Å². The van der Waals surface area contributed by atoms with Crippen LogP contribution in [0.25, 0.3) is 6.08 Å². The number of thiocarbonyl (C=S) groups is 1. The summed E-state index contributed by atoms with van der Waals surface area (Å²) in [5, 5.41) is 10.3. The SMILES string of the molecule is COc1cc(/C=C2/SC(=S)N(c3cccc(Cl)c3)C2=O)c(Br)cc1O. The van der Waals surface area contributed by atoms with Crippen LogP contribution in [-0.2, 0) is 4.79 Å². The van der Waals surface area contributed by atoms with Gasteiger partial charge >= 0.3 is 0 Å². The fourth-order valence-electron chi connectivity index (χ4n) is 2.28. The number of carbonyl (C=O) groups excluding carboxylic acids is 1. The number of phenolic OH excluding ortho intramolecular Hbond substituents is 1. The second kappa shape index (κ2) is 7.37. The van der Waals surface area contributed by atoms with Crippen LogP contribution in [0.4, 0.5) is 5.69 Å². The van der Waals surface area contributed by atoms with Crippen molar-refractivity contribution in [2.75, 3.05) is 12.0 Å². The Kier molecular flexibility index (Phi) is 5.38. The van der Waals surface area contributed by atoms with Gasteiger partial charge in [0.25, 0.3) is 5.91 Å². The van der Waals surface area contributed by atoms with Crippen LogP contribution in [0.1, 0.15) is 5.56 Å². The van der Waals surface area contributed by atoms with Gasteiger partial charge in [0.1, 0.15) is 0 Å². The molecule has 1 amide bonds. The maximum absolute atomic E-state index is 12.8. The summed E-state index contributed by atoms with van der Waals surface area (Å²) in [6.45, 7) is 0. The first-order valence-corrected chi connectivity index (χ1v) is 9.40. The van der Waals surface area contributed by atoms with Gasteiger partial charge < -0.3 is 9.84 Å². The third-order valence-corrected chi connectivity index (χ3v) is 5.67. The van der Waals surface area contributed by atoms with Crippen molar-refractivity contribution in [1.29, 1.82) is 0 Å². The van der Waals surface area contributed by atoms with E-state index in [-0.39, 0.29) is 11.7 Å². The molecule has 4 nitrogen and oxygen atoms in total. The predicted molar refractivity (Wildman–Crippen MR) is 109 cm³/mol. The van der Waals surface area contributed by atoms with Gasteiger partial charge in [0, 0.05) is 9.50 Å². The molecule has 0 aliphatic carbocycles. The van der Waals surface area contributed by atoms with Crippen molar-refractivity contribution >= 4 is 73.5 Å². The fourth-order valence-corrected chi connectivity index (χ4v) is 4.20. The van der Waals surface area contributed by atoms with Crippen LogP contribution in [0.15, 0.2) is 45.8 Å². The number of aromatic hydroxyl groups is 1. The molecular weight excluding hydrogens is 446 g/mol. The zero-order valence-electron chi connectivity index (χ0n) is 12.8. The Bertz CT molecular complexity index is 917. The number of carbonyl (C=O) groups is 1. The van der Waals surface area contributed by atoms with Gasteiger partial charge in [-0.3, -0.25) is 9.69 Å². The summed E-state index contributed by atoms with van der Waals surface area (Å²) in [6, 6.07) is 10.1. The third-order valence-electron chi connectivity index (χ3n) is 3.44. The molecule has 0 spiro atoms. The number of nitrogens with zero attached hydrogens (tertiary/aromatic N) is 1.